The first kappa shape index (κ1) is 40.4. The molecular formula is C35H53NO13S. The highest BCUT2D eigenvalue weighted by atomic mass is 32.1. The SMILES string of the molecule is C/C(=C\c1csc(C)n1)[C@@H]1C[C@@H]2O[C@]2(C)CCC[C@H](C)[C@H](OC(=O)CO[C@@H]2O[C@H](CO)[C@H](O)[C@H](O)[C@H]2O)[C@@H](C)C(=O)C(C)(C)[C@@H](O)CC(=O)O1. The van der Waals surface area contributed by atoms with Gasteiger partial charge in [0.2, 0.25) is 0 Å². The van der Waals surface area contributed by atoms with E-state index in [1.165, 1.54) is 25.2 Å². The monoisotopic (exact) mass is 727 g/mol. The maximum atomic E-state index is 14.0. The van der Waals surface area contributed by atoms with Gasteiger partial charge in [0.15, 0.2) is 6.29 Å². The number of aromatic nitrogens is 1. The quantitative estimate of drug-likeness (QED) is 0.200. The highest BCUT2D eigenvalue weighted by molar-refractivity contribution is 7.09. The lowest BCUT2D eigenvalue weighted by Gasteiger charge is -2.39. The van der Waals surface area contributed by atoms with E-state index in [-0.39, 0.29) is 12.0 Å². The lowest BCUT2D eigenvalue weighted by Crippen LogP contribution is -2.59. The number of carbonyl (C=O) groups excluding carboxylic acids is 3. The zero-order valence-electron chi connectivity index (χ0n) is 29.8. The minimum Gasteiger partial charge on any atom is -0.460 e. The average molecular weight is 728 g/mol. The van der Waals surface area contributed by atoms with Gasteiger partial charge in [-0.15, -0.1) is 11.3 Å². The number of hydrogen-bond donors (Lipinski definition) is 5. The van der Waals surface area contributed by atoms with Crippen molar-refractivity contribution in [2.24, 2.45) is 17.3 Å². The zero-order chi connectivity index (χ0) is 37.1. The molecule has 12 atom stereocenters. The smallest absolute Gasteiger partial charge is 0.332 e. The predicted octanol–water partition coefficient (Wildman–Crippen LogP) is 1.84. The number of carbonyl (C=O) groups is 3. The molecule has 3 aliphatic rings. The Bertz CT molecular complexity index is 1380. The summed E-state index contributed by atoms with van der Waals surface area (Å²) in [6.07, 6.45) is -7.14. The molecule has 15 heteroatoms. The van der Waals surface area contributed by atoms with Crippen LogP contribution in [0.3, 0.4) is 0 Å². The molecule has 282 valence electrons. The molecule has 0 radical (unpaired) electrons. The summed E-state index contributed by atoms with van der Waals surface area (Å²) in [6.45, 7) is 10.9. The Morgan fingerprint density at radius 3 is 2.46 bits per heavy atom. The number of aryl methyl sites for hydroxylation is 1. The third-order valence-electron chi connectivity index (χ3n) is 10.4. The van der Waals surface area contributed by atoms with Crippen molar-refractivity contribution >= 4 is 35.1 Å². The molecule has 1 aromatic heterocycles. The highest BCUT2D eigenvalue weighted by Crippen LogP contribution is 2.45. The fraction of sp³-hybridized carbons (Fsp3) is 0.771. The molecule has 0 aromatic carbocycles. The highest BCUT2D eigenvalue weighted by Gasteiger charge is 2.53. The van der Waals surface area contributed by atoms with E-state index in [9.17, 15) is 39.9 Å². The number of ether oxygens (including phenoxy) is 5. The molecule has 0 aliphatic carbocycles. The number of cyclic esters (lactones) is 1. The molecule has 50 heavy (non-hydrogen) atoms. The topological polar surface area (TPSA) is 215 Å². The Balaban J connectivity index is 1.50. The molecule has 0 unspecified atom stereocenters. The molecule has 4 heterocycles. The molecule has 0 bridgehead atoms. The van der Waals surface area contributed by atoms with Gasteiger partial charge in [0.25, 0.3) is 0 Å². The van der Waals surface area contributed by atoms with Crippen LogP contribution in [0.1, 0.15) is 84.3 Å². The van der Waals surface area contributed by atoms with E-state index < -0.39 is 103 Å². The number of esters is 2. The number of fused-ring (bicyclic) bond motifs is 1. The fourth-order valence-corrected chi connectivity index (χ4v) is 7.38. The average Bonchev–Trinajstić information content (AvgIpc) is 3.50. The fourth-order valence-electron chi connectivity index (χ4n) is 6.81. The normalized spacial score (nSPS) is 39.0. The minimum absolute atomic E-state index is 0.181. The number of hydrogen-bond acceptors (Lipinski definition) is 15. The molecular weight excluding hydrogens is 674 g/mol. The summed E-state index contributed by atoms with van der Waals surface area (Å²) in [5, 5.41) is 53.8. The van der Waals surface area contributed by atoms with Crippen LogP contribution in [0.4, 0.5) is 0 Å². The number of Topliss-reactive ketones (excluding diaryl/α,β-unsaturated/α-hetero) is 1. The van der Waals surface area contributed by atoms with Crippen LogP contribution in [-0.4, -0.2) is 122 Å². The lowest BCUT2D eigenvalue weighted by molar-refractivity contribution is -0.300. The van der Waals surface area contributed by atoms with Gasteiger partial charge in [0.1, 0.15) is 49.0 Å². The first-order valence-electron chi connectivity index (χ1n) is 17.2. The van der Waals surface area contributed by atoms with E-state index in [0.29, 0.717) is 25.7 Å². The molecule has 3 aliphatic heterocycles. The maximum Gasteiger partial charge on any atom is 0.332 e. The summed E-state index contributed by atoms with van der Waals surface area (Å²) in [7, 11) is 0. The van der Waals surface area contributed by atoms with Crippen molar-refractivity contribution in [1.29, 1.82) is 0 Å². The predicted molar refractivity (Wildman–Crippen MR) is 179 cm³/mol. The largest absolute Gasteiger partial charge is 0.460 e. The molecule has 0 amide bonds. The summed E-state index contributed by atoms with van der Waals surface area (Å²) in [5.74, 6) is -3.21. The van der Waals surface area contributed by atoms with Gasteiger partial charge in [-0.1, -0.05) is 34.1 Å². The number of rotatable bonds is 7. The van der Waals surface area contributed by atoms with Crippen LogP contribution in [0.25, 0.3) is 6.08 Å². The van der Waals surface area contributed by atoms with Gasteiger partial charge in [-0.3, -0.25) is 9.59 Å². The van der Waals surface area contributed by atoms with E-state index in [1.54, 1.807) is 6.92 Å². The summed E-state index contributed by atoms with van der Waals surface area (Å²) in [4.78, 5) is 44.8. The summed E-state index contributed by atoms with van der Waals surface area (Å²) in [6, 6.07) is 0. The van der Waals surface area contributed by atoms with Gasteiger partial charge < -0.3 is 49.2 Å². The van der Waals surface area contributed by atoms with Crippen LogP contribution in [0, 0.1) is 24.2 Å². The molecule has 4 rings (SSSR count). The van der Waals surface area contributed by atoms with Crippen molar-refractivity contribution < 1.29 is 63.6 Å². The van der Waals surface area contributed by atoms with Gasteiger partial charge in [-0.25, -0.2) is 9.78 Å². The van der Waals surface area contributed by atoms with E-state index in [4.69, 9.17) is 23.7 Å². The van der Waals surface area contributed by atoms with Crippen LogP contribution in [0.15, 0.2) is 11.0 Å². The second-order valence-corrected chi connectivity index (χ2v) is 15.8. The molecule has 3 fully saturated rings. The van der Waals surface area contributed by atoms with Crippen LogP contribution >= 0.6 is 11.3 Å². The molecule has 0 saturated carbocycles. The van der Waals surface area contributed by atoms with Crippen molar-refractivity contribution in [3.05, 3.63) is 21.7 Å². The van der Waals surface area contributed by atoms with Gasteiger partial charge in [-0.05, 0) is 51.2 Å². The van der Waals surface area contributed by atoms with Crippen LogP contribution in [-0.2, 0) is 38.1 Å². The molecule has 14 nitrogen and oxygen atoms in total. The van der Waals surface area contributed by atoms with Gasteiger partial charge in [0.05, 0.1) is 52.9 Å². The van der Waals surface area contributed by atoms with E-state index >= 15 is 0 Å². The Morgan fingerprint density at radius 2 is 1.82 bits per heavy atom. The van der Waals surface area contributed by atoms with Crippen LogP contribution < -0.4 is 0 Å². The third kappa shape index (κ3) is 9.55. The van der Waals surface area contributed by atoms with Crippen molar-refractivity contribution in [2.45, 2.75) is 141 Å². The first-order valence-corrected chi connectivity index (χ1v) is 18.1. The third-order valence-corrected chi connectivity index (χ3v) is 11.2. The summed E-state index contributed by atoms with van der Waals surface area (Å²) < 4.78 is 28.6. The first-order chi connectivity index (χ1) is 23.4. The van der Waals surface area contributed by atoms with Crippen molar-refractivity contribution in [3.63, 3.8) is 0 Å². The Morgan fingerprint density at radius 1 is 1.12 bits per heavy atom. The van der Waals surface area contributed by atoms with Gasteiger partial charge in [0, 0.05) is 11.8 Å². The maximum absolute atomic E-state index is 14.0. The number of nitrogens with zero attached hydrogens (tertiary/aromatic N) is 1. The summed E-state index contributed by atoms with van der Waals surface area (Å²) in [5.41, 5.74) is -0.343. The molecule has 3 saturated heterocycles. The van der Waals surface area contributed by atoms with Gasteiger partial charge in [-0.2, -0.15) is 0 Å². The zero-order valence-corrected chi connectivity index (χ0v) is 30.6. The number of aliphatic hydroxyl groups is 5. The Hall–Kier alpha value is -2.34. The number of aliphatic hydroxyl groups excluding tert-OH is 5. The second-order valence-electron chi connectivity index (χ2n) is 14.7. The van der Waals surface area contributed by atoms with Crippen molar-refractivity contribution in [3.8, 4) is 0 Å². The van der Waals surface area contributed by atoms with E-state index in [0.717, 1.165) is 16.3 Å². The minimum atomic E-state index is -1.70. The summed E-state index contributed by atoms with van der Waals surface area (Å²) >= 11 is 1.52. The molecule has 0 spiro atoms. The molecule has 1 aromatic rings. The van der Waals surface area contributed by atoms with Crippen LogP contribution in [0.5, 0.6) is 0 Å². The van der Waals surface area contributed by atoms with Gasteiger partial charge >= 0.3 is 11.9 Å². The molecule has 5 N–H and O–H groups in total. The number of ketones is 1. The lowest BCUT2D eigenvalue weighted by atomic mass is 9.72. The van der Waals surface area contributed by atoms with Crippen molar-refractivity contribution in [2.75, 3.05) is 13.2 Å². The van der Waals surface area contributed by atoms with Crippen LogP contribution in [0.2, 0.25) is 0 Å². The Kier molecular flexibility index (Phi) is 13.4. The second kappa shape index (κ2) is 16.6. The Labute approximate surface area is 296 Å². The van der Waals surface area contributed by atoms with Crippen molar-refractivity contribution in [1.82, 2.24) is 4.98 Å². The van der Waals surface area contributed by atoms with E-state index in [2.05, 4.69) is 4.98 Å². The number of thiazole rings is 1. The standard InChI is InChI=1S/C35H53NO13S/c1-17-9-8-10-35(7)25(49-35)12-22(18(2)11-21-16-50-20(4)36-21)46-26(39)13-24(38)34(5,6)32(44)19(3)31(17)48-27(40)15-45-33-30(43)29(42)28(41)23(14-37)47-33/h11,16-17,19,22-25,28-31,33,37-38,41-43H,8-10,12-15H2,1-7H3/b18-11+/t17-,19+,22-,23+,24-,25-,28-,29-,30+,31-,33+,35+/m0/s1. The van der Waals surface area contributed by atoms with E-state index in [1.807, 2.05) is 39.2 Å². The number of epoxide rings is 1.